The van der Waals surface area contributed by atoms with Crippen LogP contribution < -0.4 is 4.50 Å². The summed E-state index contributed by atoms with van der Waals surface area (Å²) in [6.07, 6.45) is 6.02. The van der Waals surface area contributed by atoms with Gasteiger partial charge in [-0.05, 0) is 0 Å². The lowest BCUT2D eigenvalue weighted by Crippen LogP contribution is -2.35. The fraction of sp³-hybridized carbons (Fsp3) is 0.375. The molecule has 0 atom stereocenters. The van der Waals surface area contributed by atoms with Crippen LogP contribution in [-0.4, -0.2) is 17.5 Å². The van der Waals surface area contributed by atoms with E-state index in [-0.39, 0.29) is 0 Å². The molecule has 0 radical (unpaired) electrons. The molecule has 0 bridgehead atoms. The Hall–Kier alpha value is -0.613. The molecule has 0 aliphatic heterocycles. The predicted octanol–water partition coefficient (Wildman–Crippen LogP) is 1.94. The fourth-order valence-corrected chi connectivity index (χ4v) is 3.86. The van der Waals surface area contributed by atoms with Crippen LogP contribution in [0.15, 0.2) is 18.7 Å². The van der Waals surface area contributed by atoms with Gasteiger partial charge in [-0.15, -0.1) is 11.3 Å². The molecule has 0 fully saturated rings. The van der Waals surface area contributed by atoms with E-state index in [1.807, 2.05) is 23.9 Å². The van der Waals surface area contributed by atoms with Gasteiger partial charge in [0.1, 0.15) is 4.83 Å². The maximum Gasteiger partial charge on any atom is 0.119 e. The molecule has 4 heteroatoms. The molecule has 0 N–H and O–H groups in total. The zero-order chi connectivity index (χ0) is 8.77. The van der Waals surface area contributed by atoms with Crippen LogP contribution in [0.5, 0.6) is 0 Å². The Balaban J connectivity index is 2.59. The van der Waals surface area contributed by atoms with E-state index in [4.69, 9.17) is 0 Å². The monoisotopic (exact) mass is 196 g/mol. The number of nitrogens with zero attached hydrogens (tertiary/aromatic N) is 2. The zero-order valence-electron chi connectivity index (χ0n) is 7.53. The van der Waals surface area contributed by atoms with Crippen LogP contribution >= 0.6 is 11.3 Å². The van der Waals surface area contributed by atoms with Gasteiger partial charge in [0, 0.05) is 10.7 Å². The molecular formula is C8H12N2SSi. The van der Waals surface area contributed by atoms with Crippen LogP contribution in [-0.2, 0) is 0 Å². The molecule has 2 heterocycles. The highest BCUT2D eigenvalue weighted by Gasteiger charge is 2.19. The Morgan fingerprint density at radius 2 is 2.17 bits per heavy atom. The molecule has 2 aromatic heterocycles. The fourth-order valence-electron chi connectivity index (χ4n) is 1.08. The first-order valence-electron chi connectivity index (χ1n) is 3.99. The van der Waals surface area contributed by atoms with E-state index < -0.39 is 8.07 Å². The van der Waals surface area contributed by atoms with Gasteiger partial charge in [0.15, 0.2) is 0 Å². The number of rotatable bonds is 1. The summed E-state index contributed by atoms with van der Waals surface area (Å²) in [7, 11) is -1.11. The van der Waals surface area contributed by atoms with Crippen molar-refractivity contribution in [3.63, 3.8) is 0 Å². The van der Waals surface area contributed by atoms with E-state index in [9.17, 15) is 0 Å². The maximum absolute atomic E-state index is 4.07. The standard InChI is InChI=1S/C8H12N2SSi/c1-12(2,3)8-5-10-6-9-4-7(10)11-8/h4-6H,1-3H3. The van der Waals surface area contributed by atoms with Gasteiger partial charge in [-0.2, -0.15) is 0 Å². The van der Waals surface area contributed by atoms with E-state index >= 15 is 0 Å². The van der Waals surface area contributed by atoms with Crippen LogP contribution in [0.25, 0.3) is 4.83 Å². The summed E-state index contributed by atoms with van der Waals surface area (Å²) in [6.45, 7) is 7.10. The normalized spacial score (nSPS) is 12.6. The van der Waals surface area contributed by atoms with Crippen molar-refractivity contribution in [2.45, 2.75) is 19.6 Å². The molecule has 0 aromatic carbocycles. The van der Waals surface area contributed by atoms with E-state index in [1.54, 1.807) is 4.50 Å². The highest BCUT2D eigenvalue weighted by Crippen LogP contribution is 2.13. The van der Waals surface area contributed by atoms with Gasteiger partial charge in [-0.25, -0.2) is 4.98 Å². The van der Waals surface area contributed by atoms with Crippen molar-refractivity contribution in [2.75, 3.05) is 0 Å². The third kappa shape index (κ3) is 1.21. The minimum absolute atomic E-state index is 1.11. The average molecular weight is 196 g/mol. The lowest BCUT2D eigenvalue weighted by Gasteiger charge is -2.11. The number of hydrogen-bond donors (Lipinski definition) is 0. The molecule has 2 aromatic rings. The summed E-state index contributed by atoms with van der Waals surface area (Å²) in [5.41, 5.74) is 0. The summed E-state index contributed by atoms with van der Waals surface area (Å²) in [5.74, 6) is 0. The first kappa shape index (κ1) is 8.01. The van der Waals surface area contributed by atoms with E-state index in [0.717, 1.165) is 0 Å². The summed E-state index contributed by atoms with van der Waals surface area (Å²) in [6, 6.07) is 0. The van der Waals surface area contributed by atoms with Crippen LogP contribution in [0.2, 0.25) is 19.6 Å². The topological polar surface area (TPSA) is 17.3 Å². The highest BCUT2D eigenvalue weighted by atomic mass is 32.1. The molecule has 0 unspecified atom stereocenters. The van der Waals surface area contributed by atoms with Crippen molar-refractivity contribution >= 4 is 28.7 Å². The van der Waals surface area contributed by atoms with E-state index in [1.165, 1.54) is 4.83 Å². The molecule has 0 aliphatic rings. The van der Waals surface area contributed by atoms with Crippen molar-refractivity contribution in [1.29, 1.82) is 0 Å². The molecule has 0 spiro atoms. The summed E-state index contributed by atoms with van der Waals surface area (Å²) < 4.78 is 3.65. The summed E-state index contributed by atoms with van der Waals surface area (Å²) in [4.78, 5) is 5.33. The molecule has 0 aliphatic carbocycles. The second kappa shape index (κ2) is 2.44. The predicted molar refractivity (Wildman–Crippen MR) is 56.0 cm³/mol. The lowest BCUT2D eigenvalue weighted by atomic mass is 10.9. The van der Waals surface area contributed by atoms with Crippen LogP contribution in [0.4, 0.5) is 0 Å². The van der Waals surface area contributed by atoms with Crippen LogP contribution in [0.3, 0.4) is 0 Å². The number of fused-ring (bicyclic) bond motifs is 1. The third-order valence-corrected chi connectivity index (χ3v) is 6.44. The largest absolute Gasteiger partial charge is 0.297 e. The van der Waals surface area contributed by atoms with E-state index in [2.05, 4.69) is 35.2 Å². The van der Waals surface area contributed by atoms with Gasteiger partial charge < -0.3 is 0 Å². The van der Waals surface area contributed by atoms with Gasteiger partial charge in [0.05, 0.1) is 20.6 Å². The molecule has 2 rings (SSSR count). The first-order chi connectivity index (χ1) is 5.57. The minimum atomic E-state index is -1.11. The van der Waals surface area contributed by atoms with Crippen molar-refractivity contribution in [1.82, 2.24) is 9.38 Å². The molecule has 2 nitrogen and oxygen atoms in total. The van der Waals surface area contributed by atoms with Crippen LogP contribution in [0, 0.1) is 0 Å². The average Bonchev–Trinajstić information content (AvgIpc) is 2.37. The summed E-state index contributed by atoms with van der Waals surface area (Å²) in [5, 5.41) is 0. The van der Waals surface area contributed by atoms with Crippen molar-refractivity contribution in [3.8, 4) is 0 Å². The lowest BCUT2D eigenvalue weighted by molar-refractivity contribution is 1.18. The smallest absolute Gasteiger partial charge is 0.119 e. The SMILES string of the molecule is C[Si](C)(C)c1cn2cncc2s1. The van der Waals surface area contributed by atoms with Gasteiger partial charge in [0.25, 0.3) is 0 Å². The molecule has 0 saturated carbocycles. The number of thiazole rings is 1. The molecule has 64 valence electrons. The molecule has 0 saturated heterocycles. The third-order valence-electron chi connectivity index (χ3n) is 1.84. The van der Waals surface area contributed by atoms with Gasteiger partial charge in [0.2, 0.25) is 0 Å². The molecule has 12 heavy (non-hydrogen) atoms. The Bertz CT molecular complexity index is 368. The Morgan fingerprint density at radius 1 is 1.42 bits per heavy atom. The number of hydrogen-bond acceptors (Lipinski definition) is 2. The first-order valence-corrected chi connectivity index (χ1v) is 8.31. The Morgan fingerprint density at radius 3 is 2.75 bits per heavy atom. The second-order valence-electron chi connectivity index (χ2n) is 3.98. The maximum atomic E-state index is 4.07. The Labute approximate surface area is 76.9 Å². The summed E-state index contributed by atoms with van der Waals surface area (Å²) >= 11 is 1.87. The minimum Gasteiger partial charge on any atom is -0.297 e. The molecule has 0 amide bonds. The highest BCUT2D eigenvalue weighted by molar-refractivity contribution is 7.30. The van der Waals surface area contributed by atoms with Crippen molar-refractivity contribution in [3.05, 3.63) is 18.7 Å². The van der Waals surface area contributed by atoms with Gasteiger partial charge >= 0.3 is 0 Å². The van der Waals surface area contributed by atoms with Crippen LogP contribution in [0.1, 0.15) is 0 Å². The quantitative estimate of drug-likeness (QED) is 0.637. The van der Waals surface area contributed by atoms with Gasteiger partial charge in [-0.1, -0.05) is 19.6 Å². The van der Waals surface area contributed by atoms with E-state index in [0.29, 0.717) is 0 Å². The number of imidazole rings is 1. The van der Waals surface area contributed by atoms with Gasteiger partial charge in [-0.3, -0.25) is 4.40 Å². The zero-order valence-corrected chi connectivity index (χ0v) is 9.35. The molecular weight excluding hydrogens is 184 g/mol. The second-order valence-corrected chi connectivity index (χ2v) is 10.4. The number of aromatic nitrogens is 2. The van der Waals surface area contributed by atoms with Crippen molar-refractivity contribution < 1.29 is 0 Å². The Kier molecular flexibility index (Phi) is 1.62. The van der Waals surface area contributed by atoms with Crippen molar-refractivity contribution in [2.24, 2.45) is 0 Å².